The van der Waals surface area contributed by atoms with E-state index in [-0.39, 0.29) is 5.92 Å². The summed E-state index contributed by atoms with van der Waals surface area (Å²) >= 11 is 0. The number of hydrazone groups is 1. The van der Waals surface area contributed by atoms with Crippen LogP contribution < -0.4 is 0 Å². The fourth-order valence-corrected chi connectivity index (χ4v) is 1.09. The van der Waals surface area contributed by atoms with Gasteiger partial charge in [-0.3, -0.25) is 5.01 Å². The first kappa shape index (κ1) is 7.05. The van der Waals surface area contributed by atoms with Crippen LogP contribution in [0.3, 0.4) is 0 Å². The summed E-state index contributed by atoms with van der Waals surface area (Å²) in [5.74, 6) is -0.796. The monoisotopic (exact) mass is 142 g/mol. The Morgan fingerprint density at radius 3 is 2.60 bits per heavy atom. The molecule has 56 valence electrons. The van der Waals surface area contributed by atoms with E-state index in [2.05, 4.69) is 5.10 Å². The Morgan fingerprint density at radius 2 is 2.40 bits per heavy atom. The molecule has 1 unspecified atom stereocenters. The predicted molar refractivity (Wildman–Crippen MR) is 36.8 cm³/mol. The Hall–Kier alpha value is -1.06. The second kappa shape index (κ2) is 2.28. The van der Waals surface area contributed by atoms with Crippen molar-refractivity contribution in [2.24, 2.45) is 11.0 Å². The zero-order chi connectivity index (χ0) is 7.72. The number of carboxylic acid groups (broad SMARTS) is 1. The molecule has 0 bridgehead atoms. The molecule has 0 radical (unpaired) electrons. The number of hydrogen-bond donors (Lipinski definition) is 1. The van der Waals surface area contributed by atoms with Gasteiger partial charge in [0.25, 0.3) is 0 Å². The predicted octanol–water partition coefficient (Wildman–Crippen LogP) is 0.00690. The lowest BCUT2D eigenvalue weighted by molar-refractivity contribution is -0.143. The van der Waals surface area contributed by atoms with Crippen molar-refractivity contribution in [3.05, 3.63) is 0 Å². The van der Waals surface area contributed by atoms with Crippen LogP contribution >= 0.6 is 0 Å². The zero-order valence-electron chi connectivity index (χ0n) is 5.98. The summed E-state index contributed by atoms with van der Waals surface area (Å²) in [6.07, 6.45) is 1.65. The Kier molecular flexibility index (Phi) is 1.61. The molecule has 1 rings (SSSR count). The van der Waals surface area contributed by atoms with Crippen LogP contribution in [0.2, 0.25) is 0 Å². The molecule has 0 aromatic carbocycles. The highest BCUT2D eigenvalue weighted by atomic mass is 16.4. The van der Waals surface area contributed by atoms with Crippen molar-refractivity contribution >= 4 is 12.2 Å². The highest BCUT2D eigenvalue weighted by molar-refractivity contribution is 5.81. The molecular weight excluding hydrogens is 132 g/mol. The molecule has 0 saturated heterocycles. The van der Waals surface area contributed by atoms with E-state index in [4.69, 9.17) is 5.11 Å². The molecule has 4 heteroatoms. The number of rotatable bonds is 1. The maximum Gasteiger partial charge on any atom is 0.328 e. The minimum atomic E-state index is -0.812. The molecule has 1 heterocycles. The summed E-state index contributed by atoms with van der Waals surface area (Å²) in [5.41, 5.74) is 0. The van der Waals surface area contributed by atoms with Crippen LogP contribution in [0.1, 0.15) is 6.92 Å². The van der Waals surface area contributed by atoms with E-state index in [0.29, 0.717) is 0 Å². The van der Waals surface area contributed by atoms with Crippen molar-refractivity contribution < 1.29 is 9.90 Å². The van der Waals surface area contributed by atoms with Crippen molar-refractivity contribution in [3.63, 3.8) is 0 Å². The van der Waals surface area contributed by atoms with Crippen molar-refractivity contribution in [2.45, 2.75) is 13.0 Å². The molecule has 0 aliphatic carbocycles. The van der Waals surface area contributed by atoms with Gasteiger partial charge < -0.3 is 5.11 Å². The van der Waals surface area contributed by atoms with E-state index in [1.165, 1.54) is 5.01 Å². The highest BCUT2D eigenvalue weighted by Crippen LogP contribution is 2.14. The van der Waals surface area contributed by atoms with E-state index >= 15 is 0 Å². The molecule has 0 fully saturated rings. The second-order valence-corrected chi connectivity index (χ2v) is 2.48. The van der Waals surface area contributed by atoms with E-state index in [9.17, 15) is 4.79 Å². The number of hydrogen-bond acceptors (Lipinski definition) is 3. The smallest absolute Gasteiger partial charge is 0.328 e. The Labute approximate surface area is 59.1 Å². The third-order valence-electron chi connectivity index (χ3n) is 1.64. The minimum Gasteiger partial charge on any atom is -0.480 e. The van der Waals surface area contributed by atoms with Crippen molar-refractivity contribution in [1.82, 2.24) is 5.01 Å². The number of aliphatic carboxylic acids is 1. The van der Waals surface area contributed by atoms with Gasteiger partial charge in [-0.2, -0.15) is 5.10 Å². The standard InChI is InChI=1S/C6H10N2O2/c1-4-3-7-8(2)5(4)6(9)10/h3-5H,1-2H3,(H,9,10)/t4-,5?/m1/s1. The SMILES string of the molecule is C[C@@H]1C=NN(C)C1C(=O)O. The lowest BCUT2D eigenvalue weighted by Crippen LogP contribution is -2.35. The quantitative estimate of drug-likeness (QED) is 0.561. The third kappa shape index (κ3) is 0.964. The minimum absolute atomic E-state index is 0.0162. The Morgan fingerprint density at radius 1 is 1.80 bits per heavy atom. The van der Waals surface area contributed by atoms with E-state index in [1.807, 2.05) is 6.92 Å². The molecule has 0 aromatic rings. The average molecular weight is 142 g/mol. The van der Waals surface area contributed by atoms with Crippen molar-refractivity contribution in [1.29, 1.82) is 0 Å². The molecule has 0 spiro atoms. The van der Waals surface area contributed by atoms with Gasteiger partial charge >= 0.3 is 5.97 Å². The first-order valence-electron chi connectivity index (χ1n) is 3.12. The molecule has 4 nitrogen and oxygen atoms in total. The van der Waals surface area contributed by atoms with Crippen LogP contribution in [-0.2, 0) is 4.79 Å². The molecule has 0 aromatic heterocycles. The fourth-order valence-electron chi connectivity index (χ4n) is 1.09. The molecule has 0 amide bonds. The van der Waals surface area contributed by atoms with Gasteiger partial charge in [-0.15, -0.1) is 0 Å². The van der Waals surface area contributed by atoms with Crippen LogP contribution in [0.5, 0.6) is 0 Å². The first-order chi connectivity index (χ1) is 4.63. The summed E-state index contributed by atoms with van der Waals surface area (Å²) < 4.78 is 0. The van der Waals surface area contributed by atoms with Gasteiger partial charge in [-0.25, -0.2) is 4.79 Å². The van der Waals surface area contributed by atoms with Gasteiger partial charge in [0, 0.05) is 19.2 Å². The zero-order valence-corrected chi connectivity index (χ0v) is 5.98. The number of carboxylic acids is 1. The van der Waals surface area contributed by atoms with E-state index in [1.54, 1.807) is 13.3 Å². The Balaban J connectivity index is 2.69. The van der Waals surface area contributed by atoms with Crippen LogP contribution in [0.15, 0.2) is 5.10 Å². The summed E-state index contributed by atoms with van der Waals surface area (Å²) in [7, 11) is 1.67. The maximum atomic E-state index is 10.5. The molecule has 1 aliphatic heterocycles. The van der Waals surface area contributed by atoms with E-state index in [0.717, 1.165) is 0 Å². The number of likely N-dealkylation sites (N-methyl/N-ethyl adjacent to an activating group) is 1. The van der Waals surface area contributed by atoms with Gasteiger partial charge in [0.15, 0.2) is 6.04 Å². The van der Waals surface area contributed by atoms with Gasteiger partial charge in [-0.1, -0.05) is 6.92 Å². The fraction of sp³-hybridized carbons (Fsp3) is 0.667. The van der Waals surface area contributed by atoms with Gasteiger partial charge in [0.1, 0.15) is 0 Å². The molecule has 0 saturated carbocycles. The third-order valence-corrected chi connectivity index (χ3v) is 1.64. The van der Waals surface area contributed by atoms with Crippen LogP contribution in [0.25, 0.3) is 0 Å². The lowest BCUT2D eigenvalue weighted by atomic mass is 10.1. The van der Waals surface area contributed by atoms with E-state index < -0.39 is 12.0 Å². The molecule has 10 heavy (non-hydrogen) atoms. The Bertz CT molecular complexity index is 167. The number of carbonyl (C=O) groups is 1. The average Bonchev–Trinajstić information content (AvgIpc) is 2.11. The van der Waals surface area contributed by atoms with Gasteiger partial charge in [0.2, 0.25) is 0 Å². The molecule has 1 N–H and O–H groups in total. The summed E-state index contributed by atoms with van der Waals surface area (Å²) in [5, 5.41) is 13.9. The largest absolute Gasteiger partial charge is 0.480 e. The van der Waals surface area contributed by atoms with Gasteiger partial charge in [0.05, 0.1) is 0 Å². The van der Waals surface area contributed by atoms with Crippen LogP contribution in [0.4, 0.5) is 0 Å². The molecule has 2 atom stereocenters. The van der Waals surface area contributed by atoms with Crippen molar-refractivity contribution in [3.8, 4) is 0 Å². The van der Waals surface area contributed by atoms with Crippen LogP contribution in [-0.4, -0.2) is 35.4 Å². The normalized spacial score (nSPS) is 31.2. The summed E-state index contributed by atoms with van der Waals surface area (Å²) in [6.45, 7) is 1.84. The lowest BCUT2D eigenvalue weighted by Gasteiger charge is -2.16. The van der Waals surface area contributed by atoms with Crippen molar-refractivity contribution in [2.75, 3.05) is 7.05 Å². The van der Waals surface area contributed by atoms with Gasteiger partial charge in [-0.05, 0) is 0 Å². The van der Waals surface area contributed by atoms with Crippen LogP contribution in [0, 0.1) is 5.92 Å². The first-order valence-corrected chi connectivity index (χ1v) is 3.12. The topological polar surface area (TPSA) is 52.9 Å². The second-order valence-electron chi connectivity index (χ2n) is 2.48. The summed E-state index contributed by atoms with van der Waals surface area (Å²) in [6, 6.07) is -0.472. The highest BCUT2D eigenvalue weighted by Gasteiger charge is 2.31. The maximum absolute atomic E-state index is 10.5. The molecule has 1 aliphatic rings. The number of nitrogens with zero attached hydrogens (tertiary/aromatic N) is 2. The summed E-state index contributed by atoms with van der Waals surface area (Å²) in [4.78, 5) is 10.5. The molecular formula is C6H10N2O2.